The van der Waals surface area contributed by atoms with Crippen molar-refractivity contribution < 1.29 is 14.7 Å². The second-order valence-electron chi connectivity index (χ2n) is 6.89. The van der Waals surface area contributed by atoms with E-state index in [1.807, 2.05) is 19.1 Å². The van der Waals surface area contributed by atoms with Crippen LogP contribution in [0.4, 0.5) is 10.6 Å². The highest BCUT2D eigenvalue weighted by molar-refractivity contribution is 5.77. The van der Waals surface area contributed by atoms with Gasteiger partial charge in [-0.25, -0.2) is 4.79 Å². The van der Waals surface area contributed by atoms with Gasteiger partial charge in [0.15, 0.2) is 5.82 Å². The van der Waals surface area contributed by atoms with Crippen molar-refractivity contribution in [1.29, 1.82) is 0 Å². The summed E-state index contributed by atoms with van der Waals surface area (Å²) in [4.78, 5) is 27.4. The summed E-state index contributed by atoms with van der Waals surface area (Å²) in [6.07, 6.45) is 3.26. The van der Waals surface area contributed by atoms with E-state index in [0.29, 0.717) is 26.1 Å². The zero-order chi connectivity index (χ0) is 17.8. The molecule has 2 aliphatic heterocycles. The second kappa shape index (κ2) is 7.67. The molecule has 0 saturated carbocycles. The van der Waals surface area contributed by atoms with E-state index >= 15 is 0 Å². The first-order valence-electron chi connectivity index (χ1n) is 8.86. The lowest BCUT2D eigenvalue weighted by molar-refractivity contribution is -0.143. The quantitative estimate of drug-likeness (QED) is 0.854. The molecule has 2 N–H and O–H groups in total. The van der Waals surface area contributed by atoms with Crippen LogP contribution < -0.4 is 10.2 Å². The van der Waals surface area contributed by atoms with Crippen LogP contribution in [0, 0.1) is 12.8 Å². The molecular formula is C17H25N5O3. The van der Waals surface area contributed by atoms with E-state index in [-0.39, 0.29) is 12.1 Å². The van der Waals surface area contributed by atoms with Crippen LogP contribution in [-0.4, -0.2) is 64.4 Å². The number of rotatable bonds is 3. The van der Waals surface area contributed by atoms with Crippen LogP contribution in [0.25, 0.3) is 0 Å². The van der Waals surface area contributed by atoms with Crippen molar-refractivity contribution in [2.24, 2.45) is 5.92 Å². The monoisotopic (exact) mass is 347 g/mol. The molecular weight excluding hydrogens is 322 g/mol. The number of nitrogens with one attached hydrogen (secondary N) is 1. The number of urea groups is 1. The Morgan fingerprint density at radius 2 is 1.96 bits per heavy atom. The first kappa shape index (κ1) is 17.4. The molecule has 136 valence electrons. The summed E-state index contributed by atoms with van der Waals surface area (Å²) >= 11 is 0. The molecule has 0 spiro atoms. The lowest BCUT2D eigenvalue weighted by Crippen LogP contribution is -2.54. The minimum Gasteiger partial charge on any atom is -0.481 e. The lowest BCUT2D eigenvalue weighted by atomic mass is 9.98. The summed E-state index contributed by atoms with van der Waals surface area (Å²) in [5.41, 5.74) is 0.878. The predicted molar refractivity (Wildman–Crippen MR) is 92.5 cm³/mol. The summed E-state index contributed by atoms with van der Waals surface area (Å²) < 4.78 is 0. The molecule has 2 saturated heterocycles. The molecule has 0 aromatic carbocycles. The number of aromatic nitrogens is 2. The van der Waals surface area contributed by atoms with Crippen molar-refractivity contribution in [2.75, 3.05) is 31.1 Å². The van der Waals surface area contributed by atoms with Crippen LogP contribution in [0.5, 0.6) is 0 Å². The highest BCUT2D eigenvalue weighted by Gasteiger charge is 2.30. The van der Waals surface area contributed by atoms with Gasteiger partial charge in [0.1, 0.15) is 0 Å². The molecule has 3 heterocycles. The first-order valence-corrected chi connectivity index (χ1v) is 8.86. The number of likely N-dealkylation sites (tertiary alicyclic amines) is 1. The molecule has 0 aliphatic carbocycles. The van der Waals surface area contributed by atoms with Crippen LogP contribution >= 0.6 is 0 Å². The molecule has 3 rings (SSSR count). The van der Waals surface area contributed by atoms with Gasteiger partial charge in [-0.2, -0.15) is 5.10 Å². The third-order valence-electron chi connectivity index (χ3n) is 4.91. The van der Waals surface area contributed by atoms with Gasteiger partial charge in [0.2, 0.25) is 0 Å². The van der Waals surface area contributed by atoms with E-state index in [1.54, 1.807) is 4.90 Å². The maximum atomic E-state index is 12.5. The van der Waals surface area contributed by atoms with E-state index in [9.17, 15) is 9.59 Å². The molecule has 0 radical (unpaired) electrons. The van der Waals surface area contributed by atoms with Crippen LogP contribution in [0.1, 0.15) is 31.4 Å². The normalized spacial score (nSPS) is 24.0. The Morgan fingerprint density at radius 1 is 1.16 bits per heavy atom. The molecule has 1 aromatic heterocycles. The molecule has 2 aliphatic rings. The van der Waals surface area contributed by atoms with E-state index in [2.05, 4.69) is 20.4 Å². The largest absolute Gasteiger partial charge is 0.481 e. The Morgan fingerprint density at radius 3 is 2.68 bits per heavy atom. The number of hydrogen-bond donors (Lipinski definition) is 2. The number of aliphatic carboxylic acids is 1. The van der Waals surface area contributed by atoms with Crippen molar-refractivity contribution in [3.8, 4) is 0 Å². The van der Waals surface area contributed by atoms with Gasteiger partial charge in [0.05, 0.1) is 11.6 Å². The molecule has 2 fully saturated rings. The minimum absolute atomic E-state index is 0.0366. The van der Waals surface area contributed by atoms with Gasteiger partial charge in [0, 0.05) is 32.2 Å². The topological polar surface area (TPSA) is 98.7 Å². The molecule has 8 heteroatoms. The van der Waals surface area contributed by atoms with Crippen LogP contribution in [0.2, 0.25) is 0 Å². The third-order valence-corrected chi connectivity index (χ3v) is 4.91. The van der Waals surface area contributed by atoms with Crippen LogP contribution in [0.15, 0.2) is 12.1 Å². The highest BCUT2D eigenvalue weighted by Crippen LogP contribution is 2.19. The van der Waals surface area contributed by atoms with Crippen molar-refractivity contribution in [1.82, 2.24) is 20.4 Å². The number of carboxylic acids is 1. The molecule has 2 amide bonds. The Hall–Kier alpha value is -2.38. The Labute approximate surface area is 147 Å². The second-order valence-corrected chi connectivity index (χ2v) is 6.89. The number of carbonyl (C=O) groups excluding carboxylic acids is 1. The maximum Gasteiger partial charge on any atom is 0.317 e. The Bertz CT molecular complexity index is 621. The summed E-state index contributed by atoms with van der Waals surface area (Å²) in [6, 6.07) is 3.76. The molecule has 1 aromatic rings. The predicted octanol–water partition coefficient (Wildman–Crippen LogP) is 1.26. The lowest BCUT2D eigenvalue weighted by Gasteiger charge is -2.36. The number of piperidine rings is 2. The first-order chi connectivity index (χ1) is 12.0. The van der Waals surface area contributed by atoms with Crippen molar-refractivity contribution in [2.45, 2.75) is 38.6 Å². The summed E-state index contributed by atoms with van der Waals surface area (Å²) in [5, 5.41) is 20.5. The highest BCUT2D eigenvalue weighted by atomic mass is 16.4. The summed E-state index contributed by atoms with van der Waals surface area (Å²) in [6.45, 7) is 4.41. The fraction of sp³-hybridized carbons (Fsp3) is 0.647. The van der Waals surface area contributed by atoms with Gasteiger partial charge in [-0.15, -0.1) is 5.10 Å². The zero-order valence-corrected chi connectivity index (χ0v) is 14.5. The number of anilines is 1. The Balaban J connectivity index is 1.56. The van der Waals surface area contributed by atoms with Crippen LogP contribution in [0.3, 0.4) is 0 Å². The zero-order valence-electron chi connectivity index (χ0n) is 14.5. The smallest absolute Gasteiger partial charge is 0.317 e. The van der Waals surface area contributed by atoms with E-state index in [1.165, 1.54) is 0 Å². The van der Waals surface area contributed by atoms with Crippen molar-refractivity contribution >= 4 is 17.8 Å². The fourth-order valence-electron chi connectivity index (χ4n) is 3.49. The van der Waals surface area contributed by atoms with Gasteiger partial charge >= 0.3 is 12.0 Å². The average Bonchev–Trinajstić information content (AvgIpc) is 2.62. The van der Waals surface area contributed by atoms with Crippen LogP contribution in [-0.2, 0) is 4.79 Å². The van der Waals surface area contributed by atoms with E-state index < -0.39 is 11.9 Å². The number of carboxylic acid groups (broad SMARTS) is 1. The van der Waals surface area contributed by atoms with E-state index in [0.717, 1.165) is 37.3 Å². The number of aryl methyl sites for hydroxylation is 1. The maximum absolute atomic E-state index is 12.5. The van der Waals surface area contributed by atoms with Gasteiger partial charge in [-0.05, 0) is 44.7 Å². The van der Waals surface area contributed by atoms with Gasteiger partial charge in [-0.1, -0.05) is 0 Å². The third kappa shape index (κ3) is 4.37. The number of amides is 2. The molecule has 2 unspecified atom stereocenters. The average molecular weight is 347 g/mol. The number of nitrogens with zero attached hydrogens (tertiary/aromatic N) is 4. The molecule has 8 nitrogen and oxygen atoms in total. The molecule has 2 atom stereocenters. The van der Waals surface area contributed by atoms with Gasteiger partial charge in [0.25, 0.3) is 0 Å². The van der Waals surface area contributed by atoms with Gasteiger partial charge in [-0.3, -0.25) is 4.79 Å². The number of hydrogen-bond acceptors (Lipinski definition) is 5. The molecule has 25 heavy (non-hydrogen) atoms. The summed E-state index contributed by atoms with van der Waals surface area (Å²) in [7, 11) is 0. The minimum atomic E-state index is -0.820. The van der Waals surface area contributed by atoms with Crippen molar-refractivity contribution in [3.63, 3.8) is 0 Å². The van der Waals surface area contributed by atoms with E-state index in [4.69, 9.17) is 5.11 Å². The Kier molecular flexibility index (Phi) is 5.35. The molecule has 0 bridgehead atoms. The SMILES string of the molecule is Cc1ccc(N2CCCC(NC(=O)N3CCCC(C(=O)O)C3)C2)nn1. The fourth-order valence-corrected chi connectivity index (χ4v) is 3.49. The standard InChI is InChI=1S/C17H25N5O3/c1-12-6-7-15(20-19-12)21-8-3-5-14(11-21)18-17(25)22-9-2-4-13(10-22)16(23)24/h6-7,13-14H,2-5,8-11H2,1H3,(H,18,25)(H,23,24). The summed E-state index contributed by atoms with van der Waals surface area (Å²) in [5.74, 6) is -0.446. The number of carbonyl (C=O) groups is 2. The van der Waals surface area contributed by atoms with Gasteiger partial charge < -0.3 is 20.2 Å². The van der Waals surface area contributed by atoms with Crippen molar-refractivity contribution in [3.05, 3.63) is 17.8 Å².